The number of nitrogens with zero attached hydrogens (tertiary/aromatic N) is 2. The molecule has 0 spiro atoms. The molecule has 1 atom stereocenters. The van der Waals surface area contributed by atoms with Crippen LogP contribution in [0.25, 0.3) is 0 Å². The van der Waals surface area contributed by atoms with Gasteiger partial charge in [0.05, 0.1) is 5.69 Å². The monoisotopic (exact) mass is 305 g/mol. The van der Waals surface area contributed by atoms with Crippen molar-refractivity contribution in [2.45, 2.75) is 13.0 Å². The van der Waals surface area contributed by atoms with E-state index in [-0.39, 0.29) is 16.5 Å². The van der Waals surface area contributed by atoms with Crippen LogP contribution in [0.15, 0.2) is 30.3 Å². The molecule has 3 N–H and O–H groups in total. The van der Waals surface area contributed by atoms with Crippen molar-refractivity contribution in [1.29, 1.82) is 0 Å². The quantitative estimate of drug-likeness (QED) is 0.898. The van der Waals surface area contributed by atoms with Gasteiger partial charge < -0.3 is 15.7 Å². The Hall–Kier alpha value is -2.25. The first-order chi connectivity index (χ1) is 9.93. The molecule has 110 valence electrons. The first kappa shape index (κ1) is 15.1. The van der Waals surface area contributed by atoms with Crippen LogP contribution in [0.1, 0.15) is 27.7 Å². The van der Waals surface area contributed by atoms with Crippen LogP contribution in [0.5, 0.6) is 0 Å². The zero-order valence-electron chi connectivity index (χ0n) is 11.6. The van der Waals surface area contributed by atoms with Crippen molar-refractivity contribution in [3.63, 3.8) is 0 Å². The Labute approximate surface area is 126 Å². The third-order valence-corrected chi connectivity index (χ3v) is 4.13. The smallest absolute Gasteiger partial charge is 0.340 e. The Morgan fingerprint density at radius 3 is 2.52 bits per heavy atom. The number of hydrogen-bond donors (Lipinski definition) is 2. The Morgan fingerprint density at radius 2 is 1.95 bits per heavy atom. The van der Waals surface area contributed by atoms with E-state index in [1.807, 2.05) is 6.07 Å². The summed E-state index contributed by atoms with van der Waals surface area (Å²) in [7, 11) is 1.50. The van der Waals surface area contributed by atoms with E-state index < -0.39 is 12.0 Å². The molecule has 0 bridgehead atoms. The number of hydrogen-bond acceptors (Lipinski definition) is 5. The Morgan fingerprint density at radius 1 is 1.33 bits per heavy atom. The van der Waals surface area contributed by atoms with E-state index >= 15 is 0 Å². The zero-order chi connectivity index (χ0) is 15.6. The first-order valence-electron chi connectivity index (χ1n) is 6.21. The molecule has 0 radical (unpaired) electrons. The number of carboxylic acid groups (broad SMARTS) is 1. The highest BCUT2D eigenvalue weighted by molar-refractivity contribution is 7.11. The molecule has 0 aliphatic carbocycles. The normalized spacial score (nSPS) is 12.0. The van der Waals surface area contributed by atoms with Crippen LogP contribution in [0.3, 0.4) is 0 Å². The zero-order valence-corrected chi connectivity index (χ0v) is 12.4. The molecule has 2 aromatic rings. The summed E-state index contributed by atoms with van der Waals surface area (Å²) in [5.74, 6) is -1.49. The van der Waals surface area contributed by atoms with Gasteiger partial charge in [-0.3, -0.25) is 4.79 Å². The van der Waals surface area contributed by atoms with Gasteiger partial charge in [0.15, 0.2) is 0 Å². The van der Waals surface area contributed by atoms with E-state index in [1.165, 1.54) is 11.9 Å². The predicted molar refractivity (Wildman–Crippen MR) is 80.6 cm³/mol. The highest BCUT2D eigenvalue weighted by Crippen LogP contribution is 2.29. The lowest BCUT2D eigenvalue weighted by Crippen LogP contribution is -2.36. The number of aryl methyl sites for hydroxylation is 1. The molecule has 1 heterocycles. The molecular weight excluding hydrogens is 290 g/mol. The minimum atomic E-state index is -1.11. The largest absolute Gasteiger partial charge is 0.478 e. The predicted octanol–water partition coefficient (Wildman–Crippen LogP) is 1.81. The highest BCUT2D eigenvalue weighted by atomic mass is 32.1. The second kappa shape index (κ2) is 6.02. The summed E-state index contributed by atoms with van der Waals surface area (Å²) in [6, 6.07) is 8.09. The molecule has 0 saturated carbocycles. The average Bonchev–Trinajstić information content (AvgIpc) is 2.87. The second-order valence-corrected chi connectivity index (χ2v) is 5.29. The summed E-state index contributed by atoms with van der Waals surface area (Å²) in [6.07, 6.45) is 0. The molecule has 1 amide bonds. The van der Waals surface area contributed by atoms with E-state index in [0.29, 0.717) is 11.3 Å². The van der Waals surface area contributed by atoms with E-state index in [2.05, 4.69) is 4.37 Å². The van der Waals surface area contributed by atoms with Crippen LogP contribution in [0, 0.1) is 6.92 Å². The van der Waals surface area contributed by atoms with Crippen LogP contribution in [0.2, 0.25) is 0 Å². The molecule has 1 aromatic carbocycles. The average molecular weight is 305 g/mol. The number of anilines is 1. The van der Waals surface area contributed by atoms with Crippen molar-refractivity contribution >= 4 is 28.4 Å². The lowest BCUT2D eigenvalue weighted by atomic mass is 10.1. The number of nitrogens with two attached hydrogens (primary N) is 1. The molecule has 2 rings (SSSR count). The number of carbonyl (C=O) groups excluding carboxylic acids is 1. The highest BCUT2D eigenvalue weighted by Gasteiger charge is 2.27. The number of carboxylic acids is 1. The maximum atomic E-state index is 12.4. The van der Waals surface area contributed by atoms with Gasteiger partial charge in [0.1, 0.15) is 16.6 Å². The Balaban J connectivity index is 2.30. The van der Waals surface area contributed by atoms with Gasteiger partial charge in [-0.1, -0.05) is 30.3 Å². The lowest BCUT2D eigenvalue weighted by molar-refractivity contribution is -0.119. The Bertz CT molecular complexity index is 669. The van der Waals surface area contributed by atoms with Crippen molar-refractivity contribution < 1.29 is 14.7 Å². The minimum Gasteiger partial charge on any atom is -0.478 e. The van der Waals surface area contributed by atoms with Gasteiger partial charge >= 0.3 is 5.97 Å². The molecule has 21 heavy (non-hydrogen) atoms. The fourth-order valence-corrected chi connectivity index (χ4v) is 2.80. The summed E-state index contributed by atoms with van der Waals surface area (Å²) >= 11 is 0.972. The number of likely N-dealkylation sites (N-methyl/N-ethyl adjacent to an activating group) is 1. The van der Waals surface area contributed by atoms with Gasteiger partial charge in [-0.05, 0) is 24.0 Å². The van der Waals surface area contributed by atoms with E-state index in [0.717, 1.165) is 11.5 Å². The third kappa shape index (κ3) is 2.93. The number of amides is 1. The number of aromatic nitrogens is 1. The van der Waals surface area contributed by atoms with Crippen LogP contribution in [-0.2, 0) is 4.79 Å². The van der Waals surface area contributed by atoms with Gasteiger partial charge in [-0.15, -0.1) is 0 Å². The molecule has 7 heteroatoms. The standard InChI is InChI=1S/C14H15N3O3S/c1-8-10(14(19)20)13(21-16-8)17(2)12(18)11(15)9-6-4-3-5-7-9/h3-7,11H,15H2,1-2H3,(H,19,20). The maximum absolute atomic E-state index is 12.4. The van der Waals surface area contributed by atoms with Crippen LogP contribution in [-0.4, -0.2) is 28.4 Å². The van der Waals surface area contributed by atoms with Crippen molar-refractivity contribution in [1.82, 2.24) is 4.37 Å². The summed E-state index contributed by atoms with van der Waals surface area (Å²) in [5.41, 5.74) is 7.05. The van der Waals surface area contributed by atoms with Crippen molar-refractivity contribution in [2.75, 3.05) is 11.9 Å². The second-order valence-electron chi connectivity index (χ2n) is 4.54. The van der Waals surface area contributed by atoms with E-state index in [1.54, 1.807) is 31.2 Å². The lowest BCUT2D eigenvalue weighted by Gasteiger charge is -2.20. The molecule has 0 aliphatic heterocycles. The molecule has 0 aliphatic rings. The van der Waals surface area contributed by atoms with Gasteiger partial charge in [-0.25, -0.2) is 4.79 Å². The van der Waals surface area contributed by atoms with Crippen molar-refractivity contribution in [2.24, 2.45) is 5.73 Å². The topological polar surface area (TPSA) is 96.5 Å². The van der Waals surface area contributed by atoms with Crippen molar-refractivity contribution in [3.8, 4) is 0 Å². The van der Waals surface area contributed by atoms with E-state index in [9.17, 15) is 14.7 Å². The van der Waals surface area contributed by atoms with Crippen LogP contribution >= 0.6 is 11.5 Å². The van der Waals surface area contributed by atoms with Gasteiger partial charge in [0, 0.05) is 7.05 Å². The minimum absolute atomic E-state index is 0.0381. The van der Waals surface area contributed by atoms with Crippen LogP contribution < -0.4 is 10.6 Å². The number of aromatic carboxylic acids is 1. The fourth-order valence-electron chi connectivity index (χ4n) is 1.94. The Kier molecular flexibility index (Phi) is 4.35. The summed E-state index contributed by atoms with van der Waals surface area (Å²) in [6.45, 7) is 1.60. The molecule has 0 fully saturated rings. The molecule has 1 aromatic heterocycles. The number of rotatable bonds is 4. The maximum Gasteiger partial charge on any atom is 0.340 e. The van der Waals surface area contributed by atoms with E-state index in [4.69, 9.17) is 5.73 Å². The third-order valence-electron chi connectivity index (χ3n) is 3.12. The molecule has 1 unspecified atom stereocenters. The summed E-state index contributed by atoms with van der Waals surface area (Å²) < 4.78 is 4.00. The first-order valence-corrected chi connectivity index (χ1v) is 6.98. The number of carbonyl (C=O) groups is 2. The molecular formula is C14H15N3O3S. The van der Waals surface area contributed by atoms with Crippen molar-refractivity contribution in [3.05, 3.63) is 47.2 Å². The summed E-state index contributed by atoms with van der Waals surface area (Å²) in [5, 5.41) is 9.51. The molecule has 6 nitrogen and oxygen atoms in total. The SMILES string of the molecule is Cc1nsc(N(C)C(=O)C(N)c2ccccc2)c1C(=O)O. The molecule has 0 saturated heterocycles. The van der Waals surface area contributed by atoms with Gasteiger partial charge in [0.25, 0.3) is 0 Å². The fraction of sp³-hybridized carbons (Fsp3) is 0.214. The summed E-state index contributed by atoms with van der Waals surface area (Å²) in [4.78, 5) is 24.9. The van der Waals surface area contributed by atoms with Gasteiger partial charge in [-0.2, -0.15) is 4.37 Å². The van der Waals surface area contributed by atoms with Gasteiger partial charge in [0.2, 0.25) is 5.91 Å². The number of benzene rings is 1. The van der Waals surface area contributed by atoms with Crippen LogP contribution in [0.4, 0.5) is 5.00 Å².